The summed E-state index contributed by atoms with van der Waals surface area (Å²) < 4.78 is 6.24. The van der Waals surface area contributed by atoms with E-state index >= 15 is 0 Å². The summed E-state index contributed by atoms with van der Waals surface area (Å²) in [7, 11) is 0. The Morgan fingerprint density at radius 3 is 2.50 bits per heavy atom. The van der Waals surface area contributed by atoms with Crippen LogP contribution in [0.4, 0.5) is 0 Å². The van der Waals surface area contributed by atoms with Crippen molar-refractivity contribution in [1.29, 1.82) is 0 Å². The fraction of sp³-hybridized carbons (Fsp3) is 0.864. The summed E-state index contributed by atoms with van der Waals surface area (Å²) in [6, 6.07) is 0. The SMILES string of the molecule is CCCC=CCCCC(CCC)C(=O)OC1(CC)CC2CCC1C2. The molecule has 2 heteroatoms. The van der Waals surface area contributed by atoms with E-state index in [2.05, 4.69) is 32.9 Å². The van der Waals surface area contributed by atoms with Gasteiger partial charge in [-0.1, -0.05) is 45.8 Å². The molecule has 138 valence electrons. The molecule has 2 fully saturated rings. The molecule has 2 aliphatic rings. The third kappa shape index (κ3) is 4.86. The predicted molar refractivity (Wildman–Crippen MR) is 101 cm³/mol. The number of ether oxygens (including phenoxy) is 1. The van der Waals surface area contributed by atoms with E-state index in [0.717, 1.165) is 50.9 Å². The summed E-state index contributed by atoms with van der Waals surface area (Å²) in [5.41, 5.74) is -0.118. The van der Waals surface area contributed by atoms with Gasteiger partial charge in [-0.2, -0.15) is 0 Å². The fourth-order valence-electron chi connectivity index (χ4n) is 4.92. The summed E-state index contributed by atoms with van der Waals surface area (Å²) in [5, 5.41) is 0. The number of rotatable bonds is 11. The molecule has 0 amide bonds. The maximum Gasteiger partial charge on any atom is 0.309 e. The van der Waals surface area contributed by atoms with Crippen LogP contribution in [0.3, 0.4) is 0 Å². The Hall–Kier alpha value is -0.790. The maximum absolute atomic E-state index is 12.9. The lowest BCUT2D eigenvalue weighted by Gasteiger charge is -2.37. The molecule has 2 bridgehead atoms. The zero-order valence-corrected chi connectivity index (χ0v) is 16.2. The lowest BCUT2D eigenvalue weighted by Crippen LogP contribution is -2.41. The predicted octanol–water partition coefficient (Wildman–Crippen LogP) is 6.44. The number of esters is 1. The molecular weight excluding hydrogens is 296 g/mol. The number of unbranched alkanes of at least 4 members (excludes halogenated alkanes) is 2. The first kappa shape index (κ1) is 19.5. The first-order valence-corrected chi connectivity index (χ1v) is 10.5. The van der Waals surface area contributed by atoms with Gasteiger partial charge in [0.25, 0.3) is 0 Å². The van der Waals surface area contributed by atoms with Crippen LogP contribution in [-0.4, -0.2) is 11.6 Å². The topological polar surface area (TPSA) is 26.3 Å². The number of hydrogen-bond acceptors (Lipinski definition) is 2. The standard InChI is InChI=1S/C22H38O2/c1-4-7-8-9-10-11-13-19(12-5-2)21(23)24-22(6-3)17-18-14-15-20(22)16-18/h8-9,18-20H,4-7,10-17H2,1-3H3. The van der Waals surface area contributed by atoms with E-state index in [-0.39, 0.29) is 17.5 Å². The highest BCUT2D eigenvalue weighted by atomic mass is 16.6. The molecule has 0 radical (unpaired) electrons. The van der Waals surface area contributed by atoms with Gasteiger partial charge in [-0.3, -0.25) is 4.79 Å². The van der Waals surface area contributed by atoms with Crippen molar-refractivity contribution in [3.63, 3.8) is 0 Å². The Bertz CT molecular complexity index is 414. The van der Waals surface area contributed by atoms with Crippen molar-refractivity contribution in [2.24, 2.45) is 17.8 Å². The minimum absolute atomic E-state index is 0.101. The molecule has 0 saturated heterocycles. The lowest BCUT2D eigenvalue weighted by atomic mass is 9.81. The van der Waals surface area contributed by atoms with Gasteiger partial charge in [0.2, 0.25) is 0 Å². The third-order valence-corrected chi connectivity index (χ3v) is 6.34. The maximum atomic E-state index is 12.9. The van der Waals surface area contributed by atoms with Crippen molar-refractivity contribution in [1.82, 2.24) is 0 Å². The quantitative estimate of drug-likeness (QED) is 0.247. The van der Waals surface area contributed by atoms with E-state index in [1.807, 2.05) is 0 Å². The molecule has 0 N–H and O–H groups in total. The largest absolute Gasteiger partial charge is 0.459 e. The summed E-state index contributed by atoms with van der Waals surface area (Å²) in [4.78, 5) is 12.9. The van der Waals surface area contributed by atoms with Gasteiger partial charge in [0.1, 0.15) is 5.60 Å². The Balaban J connectivity index is 1.84. The van der Waals surface area contributed by atoms with Gasteiger partial charge < -0.3 is 4.74 Å². The van der Waals surface area contributed by atoms with Gasteiger partial charge in [0, 0.05) is 0 Å². The van der Waals surface area contributed by atoms with Crippen LogP contribution in [0.15, 0.2) is 12.2 Å². The van der Waals surface area contributed by atoms with Crippen molar-refractivity contribution >= 4 is 5.97 Å². The second-order valence-corrected chi connectivity index (χ2v) is 8.10. The minimum Gasteiger partial charge on any atom is -0.459 e. The smallest absolute Gasteiger partial charge is 0.309 e. The summed E-state index contributed by atoms with van der Waals surface area (Å²) in [6.07, 6.45) is 18.2. The Morgan fingerprint density at radius 1 is 1.12 bits per heavy atom. The molecule has 0 spiro atoms. The molecule has 2 nitrogen and oxygen atoms in total. The average Bonchev–Trinajstić information content (AvgIpc) is 3.18. The van der Waals surface area contributed by atoms with Crippen LogP contribution in [0, 0.1) is 17.8 Å². The molecule has 4 unspecified atom stereocenters. The van der Waals surface area contributed by atoms with Crippen molar-refractivity contribution in [2.75, 3.05) is 0 Å². The number of carbonyl (C=O) groups excluding carboxylic acids is 1. The summed E-state index contributed by atoms with van der Waals surface area (Å²) >= 11 is 0. The molecule has 0 aromatic carbocycles. The van der Waals surface area contributed by atoms with E-state index in [0.29, 0.717) is 5.92 Å². The van der Waals surface area contributed by atoms with Crippen molar-refractivity contribution < 1.29 is 9.53 Å². The monoisotopic (exact) mass is 334 g/mol. The van der Waals surface area contributed by atoms with E-state index in [1.165, 1.54) is 32.1 Å². The van der Waals surface area contributed by atoms with E-state index < -0.39 is 0 Å². The van der Waals surface area contributed by atoms with E-state index in [1.54, 1.807) is 0 Å². The van der Waals surface area contributed by atoms with Gasteiger partial charge in [0.05, 0.1) is 5.92 Å². The highest BCUT2D eigenvalue weighted by molar-refractivity contribution is 5.73. The van der Waals surface area contributed by atoms with Crippen LogP contribution in [-0.2, 0) is 9.53 Å². The Kier molecular flexibility index (Phi) is 7.84. The second kappa shape index (κ2) is 9.63. The van der Waals surface area contributed by atoms with Crippen molar-refractivity contribution in [2.45, 2.75) is 103 Å². The van der Waals surface area contributed by atoms with Gasteiger partial charge in [-0.25, -0.2) is 0 Å². The van der Waals surface area contributed by atoms with E-state index in [9.17, 15) is 4.79 Å². The molecule has 2 rings (SSSR count). The van der Waals surface area contributed by atoms with Crippen LogP contribution in [0.2, 0.25) is 0 Å². The van der Waals surface area contributed by atoms with Crippen LogP contribution < -0.4 is 0 Å². The molecule has 2 saturated carbocycles. The van der Waals surface area contributed by atoms with Crippen LogP contribution in [0.1, 0.15) is 97.8 Å². The average molecular weight is 335 g/mol. The first-order valence-electron chi connectivity index (χ1n) is 10.5. The molecule has 2 aliphatic carbocycles. The van der Waals surface area contributed by atoms with Crippen molar-refractivity contribution in [3.8, 4) is 0 Å². The lowest BCUT2D eigenvalue weighted by molar-refractivity contribution is -0.172. The van der Waals surface area contributed by atoms with Gasteiger partial charge in [-0.05, 0) is 76.0 Å². The Labute approximate surface area is 149 Å². The fourth-order valence-corrected chi connectivity index (χ4v) is 4.92. The van der Waals surface area contributed by atoms with Crippen LogP contribution >= 0.6 is 0 Å². The zero-order chi connectivity index (χ0) is 17.4. The highest BCUT2D eigenvalue weighted by Gasteiger charge is 2.52. The van der Waals surface area contributed by atoms with Gasteiger partial charge in [-0.15, -0.1) is 0 Å². The minimum atomic E-state index is -0.118. The van der Waals surface area contributed by atoms with Crippen LogP contribution in [0.5, 0.6) is 0 Å². The molecule has 0 aromatic rings. The van der Waals surface area contributed by atoms with E-state index in [4.69, 9.17) is 4.74 Å². The highest BCUT2D eigenvalue weighted by Crippen LogP contribution is 2.54. The van der Waals surface area contributed by atoms with Crippen molar-refractivity contribution in [3.05, 3.63) is 12.2 Å². The molecule has 0 heterocycles. The summed E-state index contributed by atoms with van der Waals surface area (Å²) in [5.74, 6) is 1.66. The summed E-state index contributed by atoms with van der Waals surface area (Å²) in [6.45, 7) is 6.59. The van der Waals surface area contributed by atoms with Gasteiger partial charge in [0.15, 0.2) is 0 Å². The molecule has 0 aromatic heterocycles. The zero-order valence-electron chi connectivity index (χ0n) is 16.2. The van der Waals surface area contributed by atoms with Gasteiger partial charge >= 0.3 is 5.97 Å². The molecule has 24 heavy (non-hydrogen) atoms. The number of fused-ring (bicyclic) bond motifs is 2. The number of hydrogen-bond donors (Lipinski definition) is 0. The second-order valence-electron chi connectivity index (χ2n) is 8.10. The molecular formula is C22H38O2. The molecule has 4 atom stereocenters. The third-order valence-electron chi connectivity index (χ3n) is 6.34. The number of carbonyl (C=O) groups is 1. The first-order chi connectivity index (χ1) is 11.6. The normalized spacial score (nSPS) is 30.1. The number of allylic oxidation sites excluding steroid dienone is 2. The molecule has 0 aliphatic heterocycles. The van der Waals surface area contributed by atoms with Crippen LogP contribution in [0.25, 0.3) is 0 Å². The Morgan fingerprint density at radius 2 is 1.92 bits per heavy atom.